The molecule has 0 unspecified atom stereocenters. The van der Waals surface area contributed by atoms with Gasteiger partial charge in [0, 0.05) is 17.7 Å². The Labute approximate surface area is 149 Å². The molecule has 0 saturated heterocycles. The molecule has 1 fully saturated rings. The molecule has 4 rings (SSSR count). The highest BCUT2D eigenvalue weighted by Crippen LogP contribution is 2.32. The van der Waals surface area contributed by atoms with Gasteiger partial charge in [-0.2, -0.15) is 0 Å². The van der Waals surface area contributed by atoms with Crippen LogP contribution in [-0.2, 0) is 0 Å². The molecule has 0 aliphatic heterocycles. The third-order valence-electron chi connectivity index (χ3n) is 4.58. The van der Waals surface area contributed by atoms with Crippen LogP contribution in [0.15, 0.2) is 47.1 Å². The number of nitrogens with zero attached hydrogens (tertiary/aromatic N) is 4. The average Bonchev–Trinajstić information content (AvgIpc) is 3.28. The van der Waals surface area contributed by atoms with Crippen molar-refractivity contribution < 1.29 is 14.4 Å². The Morgan fingerprint density at radius 2 is 2.12 bits per heavy atom. The highest BCUT2D eigenvalue weighted by Gasteiger charge is 2.33. The first-order valence-corrected chi connectivity index (χ1v) is 8.53. The summed E-state index contributed by atoms with van der Waals surface area (Å²) < 4.78 is 6.92. The van der Waals surface area contributed by atoms with Gasteiger partial charge in [-0.05, 0) is 19.8 Å². The van der Waals surface area contributed by atoms with E-state index in [-0.39, 0.29) is 23.8 Å². The van der Waals surface area contributed by atoms with Crippen molar-refractivity contribution in [1.29, 1.82) is 0 Å². The molecule has 134 valence electrons. The molecule has 2 N–H and O–H groups in total. The van der Waals surface area contributed by atoms with Crippen molar-refractivity contribution in [1.82, 2.24) is 25.5 Å². The third kappa shape index (κ3) is 3.23. The van der Waals surface area contributed by atoms with E-state index in [4.69, 9.17) is 4.52 Å². The second kappa shape index (κ2) is 6.72. The van der Waals surface area contributed by atoms with Crippen LogP contribution in [0, 0.1) is 0 Å². The lowest BCUT2D eigenvalue weighted by Crippen LogP contribution is -2.45. The number of rotatable bonds is 5. The standard InChI is InChI=1S/C18H19N5O3/c1-11(24)16-10-23(22-20-16)14-7-13(8-14)19-18(25)17-9-15(21-26-17)12-5-3-2-4-6-12/h2-6,9-11,13-14,24H,7-8H2,1H3,(H,19,25)/t11-,13-,14-/m1/s1. The minimum absolute atomic E-state index is 0.0528. The summed E-state index contributed by atoms with van der Waals surface area (Å²) in [7, 11) is 0. The summed E-state index contributed by atoms with van der Waals surface area (Å²) in [6.07, 6.45) is 2.63. The Morgan fingerprint density at radius 3 is 2.81 bits per heavy atom. The molecule has 1 aliphatic carbocycles. The largest absolute Gasteiger partial charge is 0.387 e. The van der Waals surface area contributed by atoms with E-state index in [0.717, 1.165) is 18.4 Å². The van der Waals surface area contributed by atoms with Crippen LogP contribution in [-0.4, -0.2) is 37.2 Å². The average molecular weight is 353 g/mol. The molecule has 26 heavy (non-hydrogen) atoms. The summed E-state index contributed by atoms with van der Waals surface area (Å²) in [4.78, 5) is 12.3. The minimum atomic E-state index is -0.635. The fraction of sp³-hybridized carbons (Fsp3) is 0.333. The summed E-state index contributed by atoms with van der Waals surface area (Å²) in [5.74, 6) is -0.0733. The zero-order valence-corrected chi connectivity index (χ0v) is 14.2. The smallest absolute Gasteiger partial charge is 0.290 e. The maximum absolute atomic E-state index is 12.3. The fourth-order valence-electron chi connectivity index (χ4n) is 2.97. The number of aliphatic hydroxyl groups excluding tert-OH is 1. The van der Waals surface area contributed by atoms with Gasteiger partial charge in [0.15, 0.2) is 0 Å². The predicted molar refractivity (Wildman–Crippen MR) is 92.1 cm³/mol. The number of benzene rings is 1. The van der Waals surface area contributed by atoms with Crippen LogP contribution in [0.5, 0.6) is 0 Å². The summed E-state index contributed by atoms with van der Waals surface area (Å²) in [6.45, 7) is 1.65. The van der Waals surface area contributed by atoms with Gasteiger partial charge in [0.2, 0.25) is 5.76 Å². The molecule has 1 amide bonds. The van der Waals surface area contributed by atoms with Gasteiger partial charge in [0.05, 0.1) is 18.3 Å². The molecule has 0 spiro atoms. The number of carbonyl (C=O) groups excluding carboxylic acids is 1. The van der Waals surface area contributed by atoms with E-state index in [9.17, 15) is 9.90 Å². The van der Waals surface area contributed by atoms with Crippen molar-refractivity contribution in [2.45, 2.75) is 38.0 Å². The van der Waals surface area contributed by atoms with Crippen molar-refractivity contribution in [3.63, 3.8) is 0 Å². The topological polar surface area (TPSA) is 106 Å². The number of hydrogen-bond donors (Lipinski definition) is 2. The normalized spacial score (nSPS) is 20.4. The molecule has 8 nitrogen and oxygen atoms in total. The summed E-state index contributed by atoms with van der Waals surface area (Å²) in [6, 6.07) is 11.4. The van der Waals surface area contributed by atoms with Gasteiger partial charge < -0.3 is 14.9 Å². The SMILES string of the molecule is C[C@@H](O)c1cn([C@H]2C[C@H](NC(=O)c3cc(-c4ccccc4)no3)C2)nn1. The monoisotopic (exact) mass is 353 g/mol. The maximum atomic E-state index is 12.3. The van der Waals surface area contributed by atoms with Crippen molar-refractivity contribution in [2.75, 3.05) is 0 Å². The Morgan fingerprint density at radius 1 is 1.35 bits per heavy atom. The van der Waals surface area contributed by atoms with Crippen molar-refractivity contribution in [2.24, 2.45) is 0 Å². The lowest BCUT2D eigenvalue weighted by molar-refractivity contribution is 0.0850. The van der Waals surface area contributed by atoms with E-state index < -0.39 is 6.10 Å². The van der Waals surface area contributed by atoms with E-state index in [1.54, 1.807) is 23.9 Å². The molecule has 1 saturated carbocycles. The fourth-order valence-corrected chi connectivity index (χ4v) is 2.97. The molecule has 0 bridgehead atoms. The van der Waals surface area contributed by atoms with E-state index in [2.05, 4.69) is 20.8 Å². The highest BCUT2D eigenvalue weighted by molar-refractivity contribution is 5.92. The number of aliphatic hydroxyl groups is 1. The van der Waals surface area contributed by atoms with Gasteiger partial charge >= 0.3 is 0 Å². The van der Waals surface area contributed by atoms with Gasteiger partial charge in [0.1, 0.15) is 11.4 Å². The van der Waals surface area contributed by atoms with Crippen LogP contribution in [0.4, 0.5) is 0 Å². The molecular formula is C18H19N5O3. The van der Waals surface area contributed by atoms with Crippen LogP contribution >= 0.6 is 0 Å². The summed E-state index contributed by atoms with van der Waals surface area (Å²) in [5.41, 5.74) is 2.09. The number of carbonyl (C=O) groups is 1. The van der Waals surface area contributed by atoms with Crippen LogP contribution in [0.3, 0.4) is 0 Å². The van der Waals surface area contributed by atoms with Gasteiger partial charge in [-0.15, -0.1) is 5.10 Å². The molecular weight excluding hydrogens is 334 g/mol. The van der Waals surface area contributed by atoms with E-state index in [1.165, 1.54) is 0 Å². The number of nitrogens with one attached hydrogen (secondary N) is 1. The van der Waals surface area contributed by atoms with Crippen molar-refractivity contribution in [3.8, 4) is 11.3 Å². The van der Waals surface area contributed by atoms with E-state index >= 15 is 0 Å². The third-order valence-corrected chi connectivity index (χ3v) is 4.58. The first-order valence-electron chi connectivity index (χ1n) is 8.53. The van der Waals surface area contributed by atoms with Crippen LogP contribution in [0.2, 0.25) is 0 Å². The Balaban J connectivity index is 1.33. The first-order chi connectivity index (χ1) is 12.6. The van der Waals surface area contributed by atoms with Gasteiger partial charge in [-0.1, -0.05) is 40.7 Å². The number of amides is 1. The van der Waals surface area contributed by atoms with E-state index in [0.29, 0.717) is 11.4 Å². The second-order valence-electron chi connectivity index (χ2n) is 6.54. The zero-order valence-electron chi connectivity index (χ0n) is 14.2. The van der Waals surface area contributed by atoms with Crippen molar-refractivity contribution >= 4 is 5.91 Å². The minimum Gasteiger partial charge on any atom is -0.387 e. The lowest BCUT2D eigenvalue weighted by Gasteiger charge is -2.35. The molecule has 0 radical (unpaired) electrons. The predicted octanol–water partition coefficient (Wildman–Crippen LogP) is 2.12. The van der Waals surface area contributed by atoms with Crippen LogP contribution < -0.4 is 5.32 Å². The van der Waals surface area contributed by atoms with Gasteiger partial charge in [0.25, 0.3) is 5.91 Å². The molecule has 2 heterocycles. The molecule has 2 aromatic heterocycles. The summed E-state index contributed by atoms with van der Waals surface area (Å²) >= 11 is 0. The molecule has 1 aromatic carbocycles. The maximum Gasteiger partial charge on any atom is 0.290 e. The Hall–Kier alpha value is -3.00. The molecule has 1 atom stereocenters. The quantitative estimate of drug-likeness (QED) is 0.728. The van der Waals surface area contributed by atoms with Gasteiger partial charge in [-0.25, -0.2) is 4.68 Å². The van der Waals surface area contributed by atoms with Crippen LogP contribution in [0.25, 0.3) is 11.3 Å². The molecule has 8 heteroatoms. The second-order valence-corrected chi connectivity index (χ2v) is 6.54. The summed E-state index contributed by atoms with van der Waals surface area (Å²) in [5, 5.41) is 24.4. The lowest BCUT2D eigenvalue weighted by atomic mass is 9.87. The zero-order chi connectivity index (χ0) is 18.1. The van der Waals surface area contributed by atoms with Gasteiger partial charge in [-0.3, -0.25) is 4.79 Å². The molecule has 1 aliphatic rings. The highest BCUT2D eigenvalue weighted by atomic mass is 16.5. The van der Waals surface area contributed by atoms with Crippen LogP contribution in [0.1, 0.15) is 48.2 Å². The Bertz CT molecular complexity index is 896. The first kappa shape index (κ1) is 16.5. The van der Waals surface area contributed by atoms with E-state index in [1.807, 2.05) is 30.3 Å². The van der Waals surface area contributed by atoms with Crippen molar-refractivity contribution in [3.05, 3.63) is 54.0 Å². The number of aromatic nitrogens is 4. The Kier molecular flexibility index (Phi) is 4.26. The molecule has 3 aromatic rings. The number of hydrogen-bond acceptors (Lipinski definition) is 6.